The Kier molecular flexibility index (Phi) is 2.94. The summed E-state index contributed by atoms with van der Waals surface area (Å²) in [4.78, 5) is 9.10. The number of anilines is 1. The van der Waals surface area contributed by atoms with Gasteiger partial charge in [-0.05, 0) is 6.07 Å². The number of nitrogens with two attached hydrogens (primary N) is 1. The molecule has 2 N–H and O–H groups in total. The Hall–Kier alpha value is -2.24. The van der Waals surface area contributed by atoms with Crippen molar-refractivity contribution in [1.82, 2.24) is 9.97 Å². The highest BCUT2D eigenvalue weighted by molar-refractivity contribution is 7.23. The van der Waals surface area contributed by atoms with Gasteiger partial charge in [-0.1, -0.05) is 53.8 Å². The third-order valence-corrected chi connectivity index (χ3v) is 5.04. The van der Waals surface area contributed by atoms with E-state index in [1.165, 1.54) is 11.3 Å². The fourth-order valence-corrected chi connectivity index (χ4v) is 4.04. The van der Waals surface area contributed by atoms with Crippen LogP contribution >= 0.6 is 22.7 Å². The molecule has 102 valence electrons. The van der Waals surface area contributed by atoms with Crippen molar-refractivity contribution in [2.45, 2.75) is 0 Å². The summed E-state index contributed by atoms with van der Waals surface area (Å²) < 4.78 is 1.10. The Bertz CT molecular complexity index is 910. The Morgan fingerprint density at radius 2 is 1.76 bits per heavy atom. The van der Waals surface area contributed by atoms with Crippen LogP contribution in [0.1, 0.15) is 0 Å². The maximum atomic E-state index is 5.82. The SMILES string of the molecule is Nc1nc2cccc(-c3nc(-c4ccccc4)cs3)c2s1. The van der Waals surface area contributed by atoms with Gasteiger partial charge in [0.1, 0.15) is 5.01 Å². The number of rotatable bonds is 2. The van der Waals surface area contributed by atoms with Crippen molar-refractivity contribution in [3.8, 4) is 21.8 Å². The van der Waals surface area contributed by atoms with Crippen molar-refractivity contribution in [3.05, 3.63) is 53.9 Å². The molecular formula is C16H11N3S2. The molecule has 0 amide bonds. The predicted octanol–water partition coefficient (Wildman–Crippen LogP) is 4.67. The van der Waals surface area contributed by atoms with Gasteiger partial charge in [-0.3, -0.25) is 0 Å². The average Bonchev–Trinajstić information content (AvgIpc) is 3.13. The minimum Gasteiger partial charge on any atom is -0.375 e. The largest absolute Gasteiger partial charge is 0.375 e. The molecule has 4 rings (SSSR count). The normalized spacial score (nSPS) is 11.0. The molecule has 0 saturated heterocycles. The topological polar surface area (TPSA) is 51.8 Å². The second-order valence-corrected chi connectivity index (χ2v) is 6.50. The highest BCUT2D eigenvalue weighted by Crippen LogP contribution is 2.36. The van der Waals surface area contributed by atoms with Crippen LogP contribution in [-0.2, 0) is 0 Å². The van der Waals surface area contributed by atoms with E-state index in [9.17, 15) is 0 Å². The maximum Gasteiger partial charge on any atom is 0.181 e. The van der Waals surface area contributed by atoms with Crippen molar-refractivity contribution >= 4 is 38.0 Å². The molecule has 0 spiro atoms. The van der Waals surface area contributed by atoms with E-state index in [0.29, 0.717) is 5.13 Å². The molecule has 3 nitrogen and oxygen atoms in total. The fraction of sp³-hybridized carbons (Fsp3) is 0. The summed E-state index contributed by atoms with van der Waals surface area (Å²) in [6.07, 6.45) is 0. The highest BCUT2D eigenvalue weighted by Gasteiger charge is 2.12. The van der Waals surface area contributed by atoms with Crippen LogP contribution < -0.4 is 5.73 Å². The van der Waals surface area contributed by atoms with Crippen LogP contribution in [0.5, 0.6) is 0 Å². The molecule has 0 radical (unpaired) electrons. The smallest absolute Gasteiger partial charge is 0.181 e. The number of nitrogen functional groups attached to an aromatic ring is 1. The van der Waals surface area contributed by atoms with Crippen molar-refractivity contribution in [1.29, 1.82) is 0 Å². The number of nitrogens with zero attached hydrogens (tertiary/aromatic N) is 2. The van der Waals surface area contributed by atoms with E-state index in [1.807, 2.05) is 30.3 Å². The lowest BCUT2D eigenvalue weighted by atomic mass is 10.2. The van der Waals surface area contributed by atoms with E-state index < -0.39 is 0 Å². The maximum absolute atomic E-state index is 5.82. The summed E-state index contributed by atoms with van der Waals surface area (Å²) in [6.45, 7) is 0. The van der Waals surface area contributed by atoms with E-state index in [0.717, 1.165) is 32.0 Å². The molecule has 0 fully saturated rings. The lowest BCUT2D eigenvalue weighted by molar-refractivity contribution is 1.41. The monoisotopic (exact) mass is 309 g/mol. The van der Waals surface area contributed by atoms with Gasteiger partial charge in [-0.15, -0.1) is 11.3 Å². The summed E-state index contributed by atoms with van der Waals surface area (Å²) in [5, 5.41) is 3.69. The summed E-state index contributed by atoms with van der Waals surface area (Å²) in [5.41, 5.74) is 10.0. The molecule has 2 aromatic carbocycles. The lowest BCUT2D eigenvalue weighted by Gasteiger charge is -1.98. The van der Waals surface area contributed by atoms with E-state index in [4.69, 9.17) is 10.7 Å². The Balaban J connectivity index is 1.85. The number of benzene rings is 2. The fourth-order valence-electron chi connectivity index (χ4n) is 2.27. The van der Waals surface area contributed by atoms with Crippen LogP contribution in [0.25, 0.3) is 32.0 Å². The van der Waals surface area contributed by atoms with Gasteiger partial charge in [0.15, 0.2) is 5.13 Å². The lowest BCUT2D eigenvalue weighted by Crippen LogP contribution is -1.80. The highest BCUT2D eigenvalue weighted by atomic mass is 32.1. The molecule has 0 aliphatic heterocycles. The Morgan fingerprint density at radius 3 is 2.62 bits per heavy atom. The molecular weight excluding hydrogens is 298 g/mol. The van der Waals surface area contributed by atoms with E-state index in [2.05, 4.69) is 28.6 Å². The van der Waals surface area contributed by atoms with Gasteiger partial charge in [-0.2, -0.15) is 0 Å². The first-order valence-electron chi connectivity index (χ1n) is 6.47. The van der Waals surface area contributed by atoms with Crippen LogP contribution in [-0.4, -0.2) is 9.97 Å². The third-order valence-electron chi connectivity index (χ3n) is 3.24. The zero-order chi connectivity index (χ0) is 14.2. The van der Waals surface area contributed by atoms with Gasteiger partial charge < -0.3 is 5.73 Å². The van der Waals surface area contributed by atoms with E-state index in [1.54, 1.807) is 11.3 Å². The summed E-state index contributed by atoms with van der Waals surface area (Å²) in [7, 11) is 0. The summed E-state index contributed by atoms with van der Waals surface area (Å²) in [5.74, 6) is 0. The minimum atomic E-state index is 0.595. The number of aromatic nitrogens is 2. The number of hydrogen-bond donors (Lipinski definition) is 1. The molecule has 5 heteroatoms. The van der Waals surface area contributed by atoms with Gasteiger partial charge in [0.25, 0.3) is 0 Å². The van der Waals surface area contributed by atoms with Crippen molar-refractivity contribution in [2.75, 3.05) is 5.73 Å². The molecule has 0 saturated carbocycles. The van der Waals surface area contributed by atoms with E-state index in [-0.39, 0.29) is 0 Å². The Labute approximate surface area is 129 Å². The number of thiazole rings is 2. The van der Waals surface area contributed by atoms with Crippen LogP contribution in [0, 0.1) is 0 Å². The predicted molar refractivity (Wildman–Crippen MR) is 90.6 cm³/mol. The third kappa shape index (κ3) is 2.20. The first-order chi connectivity index (χ1) is 10.3. The molecule has 2 heterocycles. The van der Waals surface area contributed by atoms with Gasteiger partial charge in [-0.25, -0.2) is 9.97 Å². The first kappa shape index (κ1) is 12.5. The molecule has 0 unspecified atom stereocenters. The quantitative estimate of drug-likeness (QED) is 0.585. The van der Waals surface area contributed by atoms with Gasteiger partial charge in [0.05, 0.1) is 15.9 Å². The summed E-state index contributed by atoms with van der Waals surface area (Å²) >= 11 is 3.16. The van der Waals surface area contributed by atoms with Crippen LogP contribution in [0.15, 0.2) is 53.9 Å². The first-order valence-corrected chi connectivity index (χ1v) is 8.17. The van der Waals surface area contributed by atoms with Gasteiger partial charge in [0, 0.05) is 16.5 Å². The second-order valence-electron chi connectivity index (χ2n) is 4.61. The van der Waals surface area contributed by atoms with Crippen LogP contribution in [0.4, 0.5) is 5.13 Å². The Morgan fingerprint density at radius 1 is 0.905 bits per heavy atom. The molecule has 4 aromatic rings. The number of fused-ring (bicyclic) bond motifs is 1. The second kappa shape index (κ2) is 4.95. The standard InChI is InChI=1S/C16H11N3S2/c17-16-19-12-8-4-7-11(14(12)21-16)15-18-13(9-20-15)10-5-2-1-3-6-10/h1-9H,(H2,17,19). The van der Waals surface area contributed by atoms with Gasteiger partial charge in [0.2, 0.25) is 0 Å². The molecule has 0 aliphatic rings. The van der Waals surface area contributed by atoms with Crippen molar-refractivity contribution in [2.24, 2.45) is 0 Å². The molecule has 2 aromatic heterocycles. The minimum absolute atomic E-state index is 0.595. The molecule has 21 heavy (non-hydrogen) atoms. The van der Waals surface area contributed by atoms with Crippen molar-refractivity contribution < 1.29 is 0 Å². The van der Waals surface area contributed by atoms with Crippen molar-refractivity contribution in [3.63, 3.8) is 0 Å². The van der Waals surface area contributed by atoms with Crippen LogP contribution in [0.2, 0.25) is 0 Å². The average molecular weight is 309 g/mol. The van der Waals surface area contributed by atoms with E-state index >= 15 is 0 Å². The molecule has 0 aliphatic carbocycles. The zero-order valence-electron chi connectivity index (χ0n) is 11.0. The van der Waals surface area contributed by atoms with Crippen LogP contribution in [0.3, 0.4) is 0 Å². The summed E-state index contributed by atoms with van der Waals surface area (Å²) in [6, 6.07) is 16.3. The zero-order valence-corrected chi connectivity index (χ0v) is 12.6. The molecule has 0 bridgehead atoms. The number of hydrogen-bond acceptors (Lipinski definition) is 5. The van der Waals surface area contributed by atoms with Gasteiger partial charge >= 0.3 is 0 Å². The molecule has 0 atom stereocenters.